The number of hydrogen-bond acceptors (Lipinski definition) is 2. The van der Waals surface area contributed by atoms with Crippen molar-refractivity contribution >= 4 is 22.7 Å². The first-order chi connectivity index (χ1) is 12.7. The van der Waals surface area contributed by atoms with Gasteiger partial charge in [0.15, 0.2) is 0 Å². The molecule has 0 bridgehead atoms. The number of hydrogen-bond donors (Lipinski definition) is 3. The number of carbonyl (C=O) groups is 2. The molecule has 134 valence electrons. The second kappa shape index (κ2) is 8.85. The van der Waals surface area contributed by atoms with Crippen LogP contribution in [0.25, 0.3) is 10.9 Å². The standard InChI is InChI=1S/C21H23N3O2/c25-20(11-6-13-23-21(26)16-7-2-1-3-8-16)22-14-12-17-15-24-19-10-5-4-9-18(17)19/h1-5,7-10,15,24H,6,11-14H2,(H,22,25)(H,23,26). The predicted octanol–water partition coefficient (Wildman–Crippen LogP) is 3.04. The maximum atomic E-state index is 11.9. The van der Waals surface area contributed by atoms with E-state index in [0.717, 1.165) is 11.9 Å². The van der Waals surface area contributed by atoms with Gasteiger partial charge in [-0.05, 0) is 36.6 Å². The summed E-state index contributed by atoms with van der Waals surface area (Å²) in [6.07, 6.45) is 3.82. The van der Waals surface area contributed by atoms with Crippen LogP contribution in [0, 0.1) is 0 Å². The lowest BCUT2D eigenvalue weighted by molar-refractivity contribution is -0.121. The molecular weight excluding hydrogens is 326 g/mol. The van der Waals surface area contributed by atoms with Crippen LogP contribution in [-0.2, 0) is 11.2 Å². The highest BCUT2D eigenvalue weighted by Gasteiger charge is 2.06. The van der Waals surface area contributed by atoms with Crippen molar-refractivity contribution in [2.24, 2.45) is 0 Å². The first-order valence-corrected chi connectivity index (χ1v) is 8.89. The molecule has 0 aliphatic carbocycles. The summed E-state index contributed by atoms with van der Waals surface area (Å²) >= 11 is 0. The molecule has 0 unspecified atom stereocenters. The number of rotatable bonds is 8. The largest absolute Gasteiger partial charge is 0.361 e. The van der Waals surface area contributed by atoms with Crippen LogP contribution in [0.1, 0.15) is 28.8 Å². The first kappa shape index (κ1) is 17.7. The fraction of sp³-hybridized carbons (Fsp3) is 0.238. The van der Waals surface area contributed by atoms with Crippen LogP contribution in [0.4, 0.5) is 0 Å². The number of benzene rings is 2. The van der Waals surface area contributed by atoms with Crippen LogP contribution in [0.15, 0.2) is 60.8 Å². The van der Waals surface area contributed by atoms with Gasteiger partial charge in [0.2, 0.25) is 5.91 Å². The Morgan fingerprint density at radius 2 is 1.65 bits per heavy atom. The summed E-state index contributed by atoms with van der Waals surface area (Å²) in [4.78, 5) is 27.0. The van der Waals surface area contributed by atoms with Gasteiger partial charge in [-0.3, -0.25) is 9.59 Å². The van der Waals surface area contributed by atoms with Gasteiger partial charge in [0.1, 0.15) is 0 Å². The Kier molecular flexibility index (Phi) is 6.04. The predicted molar refractivity (Wildman–Crippen MR) is 103 cm³/mol. The number of para-hydroxylation sites is 1. The van der Waals surface area contributed by atoms with E-state index in [0.29, 0.717) is 31.5 Å². The third kappa shape index (κ3) is 4.72. The minimum absolute atomic E-state index is 0.0128. The third-order valence-electron chi connectivity index (χ3n) is 4.29. The lowest BCUT2D eigenvalue weighted by atomic mass is 10.1. The lowest BCUT2D eigenvalue weighted by Crippen LogP contribution is -2.28. The molecule has 5 nitrogen and oxygen atoms in total. The Morgan fingerprint density at radius 3 is 2.50 bits per heavy atom. The van der Waals surface area contributed by atoms with Crippen molar-refractivity contribution in [1.29, 1.82) is 0 Å². The number of H-pyrrole nitrogens is 1. The molecule has 1 heterocycles. The summed E-state index contributed by atoms with van der Waals surface area (Å²) in [6, 6.07) is 17.2. The van der Waals surface area contributed by atoms with Crippen LogP contribution in [0.5, 0.6) is 0 Å². The van der Waals surface area contributed by atoms with Gasteiger partial charge in [-0.2, -0.15) is 0 Å². The molecule has 3 rings (SSSR count). The molecule has 0 saturated carbocycles. The molecule has 0 spiro atoms. The Morgan fingerprint density at radius 1 is 0.885 bits per heavy atom. The van der Waals surface area contributed by atoms with E-state index in [4.69, 9.17) is 0 Å². The highest BCUT2D eigenvalue weighted by atomic mass is 16.2. The van der Waals surface area contributed by atoms with Gasteiger partial charge < -0.3 is 15.6 Å². The van der Waals surface area contributed by atoms with Crippen molar-refractivity contribution in [3.8, 4) is 0 Å². The van der Waals surface area contributed by atoms with E-state index >= 15 is 0 Å². The fourth-order valence-electron chi connectivity index (χ4n) is 2.91. The monoisotopic (exact) mass is 349 g/mol. The van der Waals surface area contributed by atoms with Gasteiger partial charge in [-0.15, -0.1) is 0 Å². The molecule has 3 N–H and O–H groups in total. The zero-order valence-electron chi connectivity index (χ0n) is 14.6. The van der Waals surface area contributed by atoms with Gasteiger partial charge in [0.25, 0.3) is 5.91 Å². The minimum Gasteiger partial charge on any atom is -0.361 e. The third-order valence-corrected chi connectivity index (χ3v) is 4.29. The molecule has 5 heteroatoms. The van der Waals surface area contributed by atoms with Crippen LogP contribution >= 0.6 is 0 Å². The van der Waals surface area contributed by atoms with Crippen molar-refractivity contribution in [3.63, 3.8) is 0 Å². The Hall–Kier alpha value is -3.08. The number of amides is 2. The van der Waals surface area contributed by atoms with E-state index in [2.05, 4.69) is 21.7 Å². The maximum Gasteiger partial charge on any atom is 0.251 e. The van der Waals surface area contributed by atoms with E-state index in [-0.39, 0.29) is 11.8 Å². The van der Waals surface area contributed by atoms with E-state index in [1.165, 1.54) is 10.9 Å². The van der Waals surface area contributed by atoms with Gasteiger partial charge >= 0.3 is 0 Å². The van der Waals surface area contributed by atoms with E-state index in [1.54, 1.807) is 12.1 Å². The SMILES string of the molecule is O=C(CCCNC(=O)c1ccccc1)NCCc1c[nH]c2ccccc12. The average molecular weight is 349 g/mol. The molecule has 3 aromatic rings. The van der Waals surface area contributed by atoms with E-state index in [9.17, 15) is 9.59 Å². The number of carbonyl (C=O) groups excluding carboxylic acids is 2. The highest BCUT2D eigenvalue weighted by molar-refractivity contribution is 5.94. The van der Waals surface area contributed by atoms with Gasteiger partial charge in [0.05, 0.1) is 0 Å². The molecule has 0 radical (unpaired) electrons. The summed E-state index contributed by atoms with van der Waals surface area (Å²) in [5.41, 5.74) is 2.95. The van der Waals surface area contributed by atoms with Gasteiger partial charge in [0, 0.05) is 42.2 Å². The molecule has 0 aliphatic heterocycles. The van der Waals surface area contributed by atoms with Crippen LogP contribution in [0.2, 0.25) is 0 Å². The summed E-state index contributed by atoms with van der Waals surface area (Å²) in [5, 5.41) is 6.97. The smallest absolute Gasteiger partial charge is 0.251 e. The Balaban J connectivity index is 1.33. The topological polar surface area (TPSA) is 74.0 Å². The Bertz CT molecular complexity index is 871. The quantitative estimate of drug-likeness (QED) is 0.547. The molecular formula is C21H23N3O2. The number of aromatic nitrogens is 1. The minimum atomic E-state index is -0.106. The maximum absolute atomic E-state index is 11.9. The number of fused-ring (bicyclic) bond motifs is 1. The first-order valence-electron chi connectivity index (χ1n) is 8.89. The molecule has 0 saturated heterocycles. The normalized spacial score (nSPS) is 10.6. The molecule has 0 fully saturated rings. The van der Waals surface area contributed by atoms with Crippen LogP contribution in [0.3, 0.4) is 0 Å². The second-order valence-electron chi connectivity index (χ2n) is 6.18. The van der Waals surface area contributed by atoms with Crippen LogP contribution in [-0.4, -0.2) is 29.9 Å². The summed E-state index contributed by atoms with van der Waals surface area (Å²) in [5.74, 6) is -0.0934. The van der Waals surface area contributed by atoms with Gasteiger partial charge in [-0.1, -0.05) is 36.4 Å². The van der Waals surface area contributed by atoms with Crippen molar-refractivity contribution in [3.05, 3.63) is 71.9 Å². The number of nitrogens with one attached hydrogen (secondary N) is 3. The summed E-state index contributed by atoms with van der Waals surface area (Å²) in [6.45, 7) is 1.10. The van der Waals surface area contributed by atoms with Gasteiger partial charge in [-0.25, -0.2) is 0 Å². The molecule has 0 aliphatic rings. The van der Waals surface area contributed by atoms with E-state index in [1.807, 2.05) is 42.6 Å². The molecule has 2 amide bonds. The lowest BCUT2D eigenvalue weighted by Gasteiger charge is -2.06. The molecule has 26 heavy (non-hydrogen) atoms. The second-order valence-corrected chi connectivity index (χ2v) is 6.18. The van der Waals surface area contributed by atoms with Crippen LogP contribution < -0.4 is 10.6 Å². The molecule has 0 atom stereocenters. The average Bonchev–Trinajstić information content (AvgIpc) is 3.09. The zero-order valence-corrected chi connectivity index (χ0v) is 14.6. The summed E-state index contributed by atoms with van der Waals surface area (Å²) < 4.78 is 0. The molecule has 1 aromatic heterocycles. The van der Waals surface area contributed by atoms with Crippen molar-refractivity contribution in [1.82, 2.24) is 15.6 Å². The van der Waals surface area contributed by atoms with Crippen molar-refractivity contribution < 1.29 is 9.59 Å². The zero-order chi connectivity index (χ0) is 18.2. The van der Waals surface area contributed by atoms with Crippen molar-refractivity contribution in [2.45, 2.75) is 19.3 Å². The number of aromatic amines is 1. The molecule has 2 aromatic carbocycles. The highest BCUT2D eigenvalue weighted by Crippen LogP contribution is 2.17. The fourth-order valence-corrected chi connectivity index (χ4v) is 2.91. The van der Waals surface area contributed by atoms with E-state index < -0.39 is 0 Å². The Labute approximate surface area is 152 Å². The summed E-state index contributed by atoms with van der Waals surface area (Å²) in [7, 11) is 0. The van der Waals surface area contributed by atoms with Crippen molar-refractivity contribution in [2.75, 3.05) is 13.1 Å².